The highest BCUT2D eigenvalue weighted by atomic mass is 79.9. The number of esters is 1. The lowest BCUT2D eigenvalue weighted by molar-refractivity contribution is 0.0515. The SMILES string of the molecule is CCOC(=O)c1cc(Br)nn1-c1cncc(Cl)n1. The Kier molecular flexibility index (Phi) is 3.93. The summed E-state index contributed by atoms with van der Waals surface area (Å²) >= 11 is 8.95. The van der Waals surface area contributed by atoms with Crippen LogP contribution in [0.2, 0.25) is 5.15 Å². The van der Waals surface area contributed by atoms with Gasteiger partial charge < -0.3 is 4.74 Å². The minimum atomic E-state index is -0.488. The van der Waals surface area contributed by atoms with Gasteiger partial charge in [0.05, 0.1) is 19.0 Å². The molecule has 6 nitrogen and oxygen atoms in total. The van der Waals surface area contributed by atoms with Crippen molar-refractivity contribution < 1.29 is 9.53 Å². The average molecular weight is 332 g/mol. The summed E-state index contributed by atoms with van der Waals surface area (Å²) in [5, 5.41) is 4.31. The molecule has 2 heterocycles. The molecule has 0 radical (unpaired) electrons. The molecule has 0 spiro atoms. The van der Waals surface area contributed by atoms with Crippen molar-refractivity contribution in [2.24, 2.45) is 0 Å². The minimum Gasteiger partial charge on any atom is -0.461 e. The Balaban J connectivity index is 2.47. The van der Waals surface area contributed by atoms with Crippen LogP contribution >= 0.6 is 27.5 Å². The number of halogens is 2. The van der Waals surface area contributed by atoms with E-state index in [1.807, 2.05) is 0 Å². The Morgan fingerprint density at radius 3 is 3.00 bits per heavy atom. The monoisotopic (exact) mass is 330 g/mol. The Labute approximate surface area is 116 Å². The zero-order valence-corrected chi connectivity index (χ0v) is 11.6. The molecule has 0 aliphatic carbocycles. The highest BCUT2D eigenvalue weighted by Gasteiger charge is 2.18. The van der Waals surface area contributed by atoms with Crippen LogP contribution in [0.1, 0.15) is 17.4 Å². The van der Waals surface area contributed by atoms with Gasteiger partial charge in [-0.15, -0.1) is 0 Å². The number of hydrogen-bond donors (Lipinski definition) is 0. The van der Waals surface area contributed by atoms with Crippen molar-refractivity contribution in [1.82, 2.24) is 19.7 Å². The lowest BCUT2D eigenvalue weighted by atomic mass is 10.4. The van der Waals surface area contributed by atoms with E-state index in [1.165, 1.54) is 17.1 Å². The van der Waals surface area contributed by atoms with E-state index in [2.05, 4.69) is 31.0 Å². The highest BCUT2D eigenvalue weighted by molar-refractivity contribution is 9.10. The maximum absolute atomic E-state index is 11.8. The molecular formula is C10H8BrClN4O2. The van der Waals surface area contributed by atoms with Crippen LogP contribution in [-0.2, 0) is 4.74 Å². The second-order valence-electron chi connectivity index (χ2n) is 3.18. The first-order valence-electron chi connectivity index (χ1n) is 5.02. The molecule has 2 rings (SSSR count). The first-order chi connectivity index (χ1) is 8.61. The summed E-state index contributed by atoms with van der Waals surface area (Å²) in [6.45, 7) is 2.01. The van der Waals surface area contributed by atoms with E-state index < -0.39 is 5.97 Å². The average Bonchev–Trinajstić information content (AvgIpc) is 2.72. The molecule has 0 saturated carbocycles. The van der Waals surface area contributed by atoms with Crippen LogP contribution in [0.5, 0.6) is 0 Å². The maximum Gasteiger partial charge on any atom is 0.357 e. The van der Waals surface area contributed by atoms with Gasteiger partial charge >= 0.3 is 5.97 Å². The standard InChI is InChI=1S/C10H8BrClN4O2/c1-2-18-10(17)6-3-7(11)15-16(6)9-5-13-4-8(12)14-9/h3-5H,2H2,1H3. The summed E-state index contributed by atoms with van der Waals surface area (Å²) < 4.78 is 6.75. The molecule has 2 aromatic rings. The fourth-order valence-electron chi connectivity index (χ4n) is 1.31. The van der Waals surface area contributed by atoms with Crippen molar-refractivity contribution in [2.75, 3.05) is 6.61 Å². The van der Waals surface area contributed by atoms with E-state index in [-0.39, 0.29) is 17.5 Å². The fraction of sp³-hybridized carbons (Fsp3) is 0.200. The largest absolute Gasteiger partial charge is 0.461 e. The molecule has 2 aromatic heterocycles. The molecule has 0 unspecified atom stereocenters. The third kappa shape index (κ3) is 2.68. The van der Waals surface area contributed by atoms with Crippen LogP contribution in [0.25, 0.3) is 5.82 Å². The van der Waals surface area contributed by atoms with E-state index in [9.17, 15) is 4.79 Å². The summed E-state index contributed by atoms with van der Waals surface area (Å²) in [4.78, 5) is 19.7. The topological polar surface area (TPSA) is 69.9 Å². The molecule has 0 atom stereocenters. The van der Waals surface area contributed by atoms with Gasteiger partial charge in [0, 0.05) is 6.07 Å². The Hall–Kier alpha value is -1.47. The Morgan fingerprint density at radius 2 is 2.33 bits per heavy atom. The van der Waals surface area contributed by atoms with E-state index in [0.717, 1.165) is 0 Å². The van der Waals surface area contributed by atoms with Crippen molar-refractivity contribution in [2.45, 2.75) is 6.92 Å². The number of carbonyl (C=O) groups excluding carboxylic acids is 1. The van der Waals surface area contributed by atoms with Crippen molar-refractivity contribution in [3.63, 3.8) is 0 Å². The number of rotatable bonds is 3. The Bertz CT molecular complexity index is 587. The molecule has 0 saturated heterocycles. The van der Waals surface area contributed by atoms with Gasteiger partial charge in [-0.05, 0) is 22.9 Å². The van der Waals surface area contributed by atoms with Crippen LogP contribution in [0.15, 0.2) is 23.1 Å². The molecule has 0 aliphatic heterocycles. The van der Waals surface area contributed by atoms with Crippen molar-refractivity contribution in [1.29, 1.82) is 0 Å². The van der Waals surface area contributed by atoms with Crippen LogP contribution < -0.4 is 0 Å². The van der Waals surface area contributed by atoms with Gasteiger partial charge in [-0.2, -0.15) is 5.10 Å². The highest BCUT2D eigenvalue weighted by Crippen LogP contribution is 2.16. The molecule has 0 fully saturated rings. The molecule has 0 aliphatic rings. The number of ether oxygens (including phenoxy) is 1. The second-order valence-corrected chi connectivity index (χ2v) is 4.38. The zero-order valence-electron chi connectivity index (χ0n) is 9.30. The molecule has 94 valence electrons. The van der Waals surface area contributed by atoms with E-state index >= 15 is 0 Å². The predicted molar refractivity (Wildman–Crippen MR) is 67.8 cm³/mol. The quantitative estimate of drug-likeness (QED) is 0.807. The summed E-state index contributed by atoms with van der Waals surface area (Å²) in [6.07, 6.45) is 2.85. The third-order valence-electron chi connectivity index (χ3n) is 1.97. The van der Waals surface area contributed by atoms with Crippen LogP contribution in [0, 0.1) is 0 Å². The van der Waals surface area contributed by atoms with Crippen molar-refractivity contribution >= 4 is 33.5 Å². The minimum absolute atomic E-state index is 0.217. The molecule has 0 amide bonds. The molecule has 0 bridgehead atoms. The molecular weight excluding hydrogens is 323 g/mol. The lowest BCUT2D eigenvalue weighted by Crippen LogP contribution is -2.13. The second kappa shape index (κ2) is 5.45. The van der Waals surface area contributed by atoms with Gasteiger partial charge in [-0.25, -0.2) is 14.5 Å². The van der Waals surface area contributed by atoms with Crippen LogP contribution in [0.4, 0.5) is 0 Å². The number of nitrogens with zero attached hydrogens (tertiary/aromatic N) is 4. The summed E-state index contributed by atoms with van der Waals surface area (Å²) in [6, 6.07) is 1.54. The van der Waals surface area contributed by atoms with Gasteiger partial charge in [0.25, 0.3) is 0 Å². The smallest absolute Gasteiger partial charge is 0.357 e. The van der Waals surface area contributed by atoms with Crippen LogP contribution in [-0.4, -0.2) is 32.3 Å². The Morgan fingerprint density at radius 1 is 1.56 bits per heavy atom. The third-order valence-corrected chi connectivity index (χ3v) is 2.54. The summed E-state index contributed by atoms with van der Waals surface area (Å²) in [5.74, 6) is -0.145. The first kappa shape index (κ1) is 13.0. The normalized spacial score (nSPS) is 10.4. The van der Waals surface area contributed by atoms with Gasteiger partial charge in [-0.3, -0.25) is 4.98 Å². The molecule has 0 N–H and O–H groups in total. The lowest BCUT2D eigenvalue weighted by Gasteiger charge is -2.05. The van der Waals surface area contributed by atoms with Crippen molar-refractivity contribution in [3.8, 4) is 5.82 Å². The summed E-state index contributed by atoms with van der Waals surface area (Å²) in [7, 11) is 0. The first-order valence-corrected chi connectivity index (χ1v) is 6.19. The van der Waals surface area contributed by atoms with Gasteiger partial charge in [-0.1, -0.05) is 11.6 Å². The van der Waals surface area contributed by atoms with E-state index in [0.29, 0.717) is 10.4 Å². The van der Waals surface area contributed by atoms with Gasteiger partial charge in [0.1, 0.15) is 9.76 Å². The zero-order chi connectivity index (χ0) is 13.1. The summed E-state index contributed by atoms with van der Waals surface area (Å²) in [5.41, 5.74) is 0.250. The number of hydrogen-bond acceptors (Lipinski definition) is 5. The van der Waals surface area contributed by atoms with E-state index in [1.54, 1.807) is 13.0 Å². The van der Waals surface area contributed by atoms with Gasteiger partial charge in [0.2, 0.25) is 0 Å². The van der Waals surface area contributed by atoms with Gasteiger partial charge in [0.15, 0.2) is 11.5 Å². The fourth-order valence-corrected chi connectivity index (χ4v) is 1.83. The molecule has 0 aromatic carbocycles. The van der Waals surface area contributed by atoms with E-state index in [4.69, 9.17) is 16.3 Å². The van der Waals surface area contributed by atoms with Crippen LogP contribution in [0.3, 0.4) is 0 Å². The van der Waals surface area contributed by atoms with Crippen molar-refractivity contribution in [3.05, 3.63) is 33.9 Å². The molecule has 8 heteroatoms. The predicted octanol–water partition coefficient (Wildman–Crippen LogP) is 2.25. The maximum atomic E-state index is 11.8. The number of aromatic nitrogens is 4. The molecule has 18 heavy (non-hydrogen) atoms. The number of carbonyl (C=O) groups is 1.